The molecule has 1 amide bonds. The van der Waals surface area contributed by atoms with Gasteiger partial charge < -0.3 is 14.6 Å². The van der Waals surface area contributed by atoms with Gasteiger partial charge in [0.25, 0.3) is 5.91 Å². The Labute approximate surface area is 169 Å². The molecular formula is C23H22N4O2. The van der Waals surface area contributed by atoms with E-state index in [1.807, 2.05) is 61.5 Å². The number of nitrogens with one attached hydrogen (secondary N) is 1. The molecule has 0 saturated carbocycles. The monoisotopic (exact) mass is 386 g/mol. The van der Waals surface area contributed by atoms with Crippen molar-refractivity contribution in [3.8, 4) is 5.88 Å². The van der Waals surface area contributed by atoms with E-state index >= 15 is 0 Å². The minimum atomic E-state index is -0.154. The summed E-state index contributed by atoms with van der Waals surface area (Å²) in [6.07, 6.45) is 1.59. The predicted octanol–water partition coefficient (Wildman–Crippen LogP) is 3.75. The van der Waals surface area contributed by atoms with Gasteiger partial charge in [-0.3, -0.25) is 4.79 Å². The van der Waals surface area contributed by atoms with Crippen LogP contribution in [0.5, 0.6) is 5.88 Å². The van der Waals surface area contributed by atoms with Crippen molar-refractivity contribution >= 4 is 16.9 Å². The van der Waals surface area contributed by atoms with Crippen molar-refractivity contribution in [1.29, 1.82) is 0 Å². The average Bonchev–Trinajstić information content (AvgIpc) is 3.08. The van der Waals surface area contributed by atoms with Crippen molar-refractivity contribution in [2.45, 2.75) is 20.1 Å². The number of hydrogen-bond acceptors (Lipinski definition) is 4. The minimum Gasteiger partial charge on any atom is -0.473 e. The molecule has 0 saturated heterocycles. The number of carbonyl (C=O) groups excluding carboxylic acids is 1. The number of hydrogen-bond donors (Lipinski definition) is 1. The number of nitrogens with zero attached hydrogens (tertiary/aromatic N) is 3. The topological polar surface area (TPSA) is 69.0 Å². The fraction of sp³-hybridized carbons (Fsp3) is 0.174. The highest BCUT2D eigenvalue weighted by atomic mass is 16.5. The van der Waals surface area contributed by atoms with Crippen LogP contribution in [-0.4, -0.2) is 27.0 Å². The van der Waals surface area contributed by atoms with Crippen LogP contribution >= 0.6 is 0 Å². The molecule has 0 aliphatic heterocycles. The number of fused-ring (bicyclic) bond motifs is 1. The van der Waals surface area contributed by atoms with Crippen LogP contribution in [0.1, 0.15) is 21.7 Å². The zero-order chi connectivity index (χ0) is 20.1. The first-order chi connectivity index (χ1) is 14.2. The molecule has 0 spiro atoms. The molecular weight excluding hydrogens is 364 g/mol. The lowest BCUT2D eigenvalue weighted by Gasteiger charge is -2.10. The second-order valence-corrected chi connectivity index (χ2v) is 6.71. The van der Waals surface area contributed by atoms with Crippen LogP contribution in [0.4, 0.5) is 0 Å². The van der Waals surface area contributed by atoms with Crippen molar-refractivity contribution in [3.05, 3.63) is 89.9 Å². The molecule has 6 nitrogen and oxygen atoms in total. The molecule has 29 heavy (non-hydrogen) atoms. The Balaban J connectivity index is 1.35. The maximum atomic E-state index is 12.5. The highest BCUT2D eigenvalue weighted by molar-refractivity contribution is 5.94. The number of aryl methyl sites for hydroxylation is 1. The largest absolute Gasteiger partial charge is 0.473 e. The van der Waals surface area contributed by atoms with Gasteiger partial charge in [0.1, 0.15) is 12.4 Å². The SMILES string of the molecule is Cc1nc2ccccc2n1CCNC(=O)c1ccnc(OCc2ccccc2)c1. The van der Waals surface area contributed by atoms with Crippen LogP contribution in [0.25, 0.3) is 11.0 Å². The van der Waals surface area contributed by atoms with Crippen molar-refractivity contribution in [1.82, 2.24) is 19.9 Å². The first-order valence-corrected chi connectivity index (χ1v) is 9.53. The molecule has 0 unspecified atom stereocenters. The van der Waals surface area contributed by atoms with E-state index in [1.54, 1.807) is 18.3 Å². The van der Waals surface area contributed by atoms with E-state index in [-0.39, 0.29) is 5.91 Å². The van der Waals surface area contributed by atoms with Gasteiger partial charge in [-0.2, -0.15) is 0 Å². The molecule has 2 heterocycles. The molecule has 2 aromatic heterocycles. The first-order valence-electron chi connectivity index (χ1n) is 9.53. The van der Waals surface area contributed by atoms with Crippen LogP contribution in [0.2, 0.25) is 0 Å². The number of carbonyl (C=O) groups is 1. The van der Waals surface area contributed by atoms with E-state index in [1.165, 1.54) is 0 Å². The summed E-state index contributed by atoms with van der Waals surface area (Å²) >= 11 is 0. The number of rotatable bonds is 7. The number of amides is 1. The van der Waals surface area contributed by atoms with Crippen molar-refractivity contribution < 1.29 is 9.53 Å². The number of para-hydroxylation sites is 2. The third-order valence-electron chi connectivity index (χ3n) is 4.69. The van der Waals surface area contributed by atoms with Gasteiger partial charge in [-0.05, 0) is 30.7 Å². The Morgan fingerprint density at radius 1 is 1.07 bits per heavy atom. The van der Waals surface area contributed by atoms with E-state index in [0.29, 0.717) is 31.1 Å². The lowest BCUT2D eigenvalue weighted by Crippen LogP contribution is -2.27. The standard InChI is InChI=1S/C23H22N4O2/c1-17-26-20-9-5-6-10-21(20)27(17)14-13-25-23(28)19-11-12-24-22(15-19)29-16-18-7-3-2-4-8-18/h2-12,15H,13-14,16H2,1H3,(H,25,28). The van der Waals surface area contributed by atoms with Crippen LogP contribution in [-0.2, 0) is 13.2 Å². The van der Waals surface area contributed by atoms with E-state index in [9.17, 15) is 4.79 Å². The molecule has 6 heteroatoms. The fourth-order valence-electron chi connectivity index (χ4n) is 3.22. The van der Waals surface area contributed by atoms with E-state index in [4.69, 9.17) is 4.74 Å². The first kappa shape index (κ1) is 18.7. The fourth-order valence-corrected chi connectivity index (χ4v) is 3.22. The van der Waals surface area contributed by atoms with Gasteiger partial charge in [-0.1, -0.05) is 42.5 Å². The maximum absolute atomic E-state index is 12.5. The van der Waals surface area contributed by atoms with Gasteiger partial charge in [0.05, 0.1) is 11.0 Å². The van der Waals surface area contributed by atoms with Gasteiger partial charge in [-0.25, -0.2) is 9.97 Å². The van der Waals surface area contributed by atoms with Crippen molar-refractivity contribution in [2.24, 2.45) is 0 Å². The zero-order valence-corrected chi connectivity index (χ0v) is 16.2. The highest BCUT2D eigenvalue weighted by Gasteiger charge is 2.10. The molecule has 4 rings (SSSR count). The number of pyridine rings is 1. The van der Waals surface area contributed by atoms with E-state index in [2.05, 4.69) is 19.9 Å². The average molecular weight is 386 g/mol. The Hall–Kier alpha value is -3.67. The van der Waals surface area contributed by atoms with Crippen LogP contribution in [0.3, 0.4) is 0 Å². The molecule has 0 radical (unpaired) electrons. The Morgan fingerprint density at radius 3 is 2.72 bits per heavy atom. The number of benzene rings is 2. The summed E-state index contributed by atoms with van der Waals surface area (Å²) in [5, 5.41) is 2.96. The summed E-state index contributed by atoms with van der Waals surface area (Å²) < 4.78 is 7.81. The van der Waals surface area contributed by atoms with Crippen LogP contribution in [0, 0.1) is 6.92 Å². The molecule has 0 fully saturated rings. The number of imidazole rings is 1. The third kappa shape index (κ3) is 4.43. The zero-order valence-electron chi connectivity index (χ0n) is 16.2. The van der Waals surface area contributed by atoms with E-state index < -0.39 is 0 Å². The summed E-state index contributed by atoms with van der Waals surface area (Å²) in [6.45, 7) is 3.54. The van der Waals surface area contributed by atoms with Crippen molar-refractivity contribution in [2.75, 3.05) is 6.54 Å². The van der Waals surface area contributed by atoms with Crippen LogP contribution in [0.15, 0.2) is 72.9 Å². The minimum absolute atomic E-state index is 0.154. The second-order valence-electron chi connectivity index (χ2n) is 6.71. The summed E-state index contributed by atoms with van der Waals surface area (Å²) in [6, 6.07) is 21.2. The molecule has 1 N–H and O–H groups in total. The molecule has 0 atom stereocenters. The number of aromatic nitrogens is 3. The predicted molar refractivity (Wildman–Crippen MR) is 112 cm³/mol. The normalized spacial score (nSPS) is 10.8. The summed E-state index contributed by atoms with van der Waals surface area (Å²) in [4.78, 5) is 21.3. The Morgan fingerprint density at radius 2 is 1.86 bits per heavy atom. The Kier molecular flexibility index (Phi) is 5.52. The lowest BCUT2D eigenvalue weighted by atomic mass is 10.2. The van der Waals surface area contributed by atoms with Gasteiger partial charge in [-0.15, -0.1) is 0 Å². The molecule has 0 bridgehead atoms. The molecule has 4 aromatic rings. The number of ether oxygens (including phenoxy) is 1. The quantitative estimate of drug-likeness (QED) is 0.525. The molecule has 0 aliphatic rings. The Bertz CT molecular complexity index is 1120. The third-order valence-corrected chi connectivity index (χ3v) is 4.69. The second kappa shape index (κ2) is 8.56. The van der Waals surface area contributed by atoms with E-state index in [0.717, 1.165) is 22.4 Å². The maximum Gasteiger partial charge on any atom is 0.251 e. The highest BCUT2D eigenvalue weighted by Crippen LogP contribution is 2.15. The van der Waals surface area contributed by atoms with Gasteiger partial charge in [0.2, 0.25) is 5.88 Å². The smallest absolute Gasteiger partial charge is 0.251 e. The van der Waals surface area contributed by atoms with Gasteiger partial charge in [0, 0.05) is 30.9 Å². The van der Waals surface area contributed by atoms with Gasteiger partial charge >= 0.3 is 0 Å². The molecule has 0 aliphatic carbocycles. The summed E-state index contributed by atoms with van der Waals surface area (Å²) in [7, 11) is 0. The summed E-state index contributed by atoms with van der Waals surface area (Å²) in [5.41, 5.74) is 3.60. The summed E-state index contributed by atoms with van der Waals surface area (Å²) in [5.74, 6) is 1.21. The van der Waals surface area contributed by atoms with Crippen molar-refractivity contribution in [3.63, 3.8) is 0 Å². The molecule has 2 aromatic carbocycles. The molecule has 146 valence electrons. The van der Waals surface area contributed by atoms with Gasteiger partial charge in [0.15, 0.2) is 0 Å². The van der Waals surface area contributed by atoms with Crippen LogP contribution < -0.4 is 10.1 Å². The lowest BCUT2D eigenvalue weighted by molar-refractivity contribution is 0.0951.